The van der Waals surface area contributed by atoms with Crippen molar-refractivity contribution >= 4 is 29.1 Å². The Kier molecular flexibility index (Phi) is 10.4. The molecule has 2 fully saturated rings. The second kappa shape index (κ2) is 14.8. The molecule has 0 unspecified atom stereocenters. The van der Waals surface area contributed by atoms with E-state index >= 15 is 0 Å². The quantitative estimate of drug-likeness (QED) is 0.197. The van der Waals surface area contributed by atoms with Crippen LogP contribution in [0.5, 0.6) is 5.75 Å². The monoisotopic (exact) mass is 668 g/mol. The van der Waals surface area contributed by atoms with Crippen LogP contribution in [0.15, 0.2) is 67.0 Å². The molecule has 10 nitrogen and oxygen atoms in total. The predicted octanol–water partition coefficient (Wildman–Crippen LogP) is 5.31. The maximum atomic E-state index is 13.2. The molecule has 2 aliphatic heterocycles. The number of aliphatic hydroxyl groups is 1. The molecule has 2 aromatic heterocycles. The molecule has 0 saturated carbocycles. The molecule has 2 aliphatic rings. The van der Waals surface area contributed by atoms with Crippen LogP contribution in [0.25, 0.3) is 22.4 Å². The number of nitrogens with one attached hydrogen (secondary N) is 2. The fourth-order valence-electron chi connectivity index (χ4n) is 6.48. The van der Waals surface area contributed by atoms with Crippen molar-refractivity contribution in [1.29, 1.82) is 0 Å². The first-order valence-corrected chi connectivity index (χ1v) is 16.6. The second-order valence-corrected chi connectivity index (χ2v) is 12.9. The average Bonchev–Trinajstić information content (AvgIpc) is 3.65. The summed E-state index contributed by atoms with van der Waals surface area (Å²) in [5, 5.41) is 16.8. The van der Waals surface area contributed by atoms with Gasteiger partial charge < -0.3 is 25.4 Å². The van der Waals surface area contributed by atoms with E-state index in [2.05, 4.69) is 25.5 Å². The third-order valence-corrected chi connectivity index (χ3v) is 9.74. The van der Waals surface area contributed by atoms with E-state index in [0.717, 1.165) is 65.1 Å². The minimum atomic E-state index is -0.301. The van der Waals surface area contributed by atoms with Gasteiger partial charge in [-0.3, -0.25) is 24.5 Å². The molecule has 0 spiro atoms. The van der Waals surface area contributed by atoms with Crippen molar-refractivity contribution in [2.45, 2.75) is 51.4 Å². The molecule has 2 amide bonds. The van der Waals surface area contributed by atoms with Crippen LogP contribution in [0, 0.1) is 6.92 Å². The molecule has 48 heavy (non-hydrogen) atoms. The number of likely N-dealkylation sites (tertiary alicyclic amines) is 2. The van der Waals surface area contributed by atoms with E-state index in [1.54, 1.807) is 25.6 Å². The summed E-state index contributed by atoms with van der Waals surface area (Å²) < 4.78 is 5.74. The molecule has 6 rings (SSSR count). The van der Waals surface area contributed by atoms with E-state index < -0.39 is 0 Å². The molecule has 250 valence electrons. The number of carbonyl (C=O) groups excluding carboxylic acids is 2. The van der Waals surface area contributed by atoms with Crippen LogP contribution in [0.3, 0.4) is 0 Å². The van der Waals surface area contributed by atoms with E-state index in [4.69, 9.17) is 16.3 Å². The number of halogens is 1. The third-order valence-electron chi connectivity index (χ3n) is 9.36. The van der Waals surface area contributed by atoms with E-state index in [0.29, 0.717) is 48.2 Å². The minimum absolute atomic E-state index is 0.192. The van der Waals surface area contributed by atoms with E-state index in [1.807, 2.05) is 67.4 Å². The molecule has 4 heterocycles. The van der Waals surface area contributed by atoms with Gasteiger partial charge in [0.15, 0.2) is 0 Å². The zero-order chi connectivity index (χ0) is 33.8. The Morgan fingerprint density at radius 2 is 1.96 bits per heavy atom. The summed E-state index contributed by atoms with van der Waals surface area (Å²) in [5.74, 6) is 0.610. The highest BCUT2D eigenvalue weighted by molar-refractivity contribution is 6.35. The van der Waals surface area contributed by atoms with Crippen molar-refractivity contribution in [3.8, 4) is 28.1 Å². The highest BCUT2D eigenvalue weighted by Crippen LogP contribution is 2.39. The smallest absolute Gasteiger partial charge is 0.274 e. The number of carbonyl (C=O) groups is 2. The SMILES string of the molecule is COc1cc(-c2nccc(-c3cccc(NC(=O)c4ccc(CN5CC[C@H](O)C5)cn4)c3C)c2Cl)ccc1CNC[C@H]1CCC(=O)N1C. The van der Waals surface area contributed by atoms with Crippen molar-refractivity contribution in [1.82, 2.24) is 25.1 Å². The van der Waals surface area contributed by atoms with Crippen molar-refractivity contribution < 1.29 is 19.4 Å². The molecular formula is C37H41ClN6O4. The molecule has 0 aliphatic carbocycles. The summed E-state index contributed by atoms with van der Waals surface area (Å²) in [4.78, 5) is 38.1. The van der Waals surface area contributed by atoms with Gasteiger partial charge in [-0.25, -0.2) is 0 Å². The fraction of sp³-hybridized carbons (Fsp3) is 0.351. The molecule has 2 atom stereocenters. The summed E-state index contributed by atoms with van der Waals surface area (Å²) >= 11 is 7.04. The molecule has 4 aromatic rings. The van der Waals surface area contributed by atoms with Crippen LogP contribution in [-0.4, -0.2) is 82.6 Å². The molecule has 3 N–H and O–H groups in total. The molecule has 2 saturated heterocycles. The lowest BCUT2D eigenvalue weighted by Crippen LogP contribution is -2.37. The number of likely N-dealkylation sites (N-methyl/N-ethyl adjacent to an activating group) is 1. The normalized spacial score (nSPS) is 18.0. The number of benzene rings is 2. The average molecular weight is 669 g/mol. The largest absolute Gasteiger partial charge is 0.496 e. The van der Waals surface area contributed by atoms with Gasteiger partial charge in [0, 0.05) is 87.0 Å². The van der Waals surface area contributed by atoms with Gasteiger partial charge in [-0.05, 0) is 60.7 Å². The van der Waals surface area contributed by atoms with Gasteiger partial charge in [-0.15, -0.1) is 0 Å². The highest BCUT2D eigenvalue weighted by Gasteiger charge is 2.27. The van der Waals surface area contributed by atoms with E-state index in [-0.39, 0.29) is 24.0 Å². The number of β-amino-alcohol motifs (C(OH)–C–C–N with tert-alkyl or cyclic N) is 1. The molecule has 0 bridgehead atoms. The van der Waals surface area contributed by atoms with Crippen molar-refractivity contribution in [2.24, 2.45) is 0 Å². The van der Waals surface area contributed by atoms with Gasteiger partial charge in [0.2, 0.25) is 5.91 Å². The van der Waals surface area contributed by atoms with Crippen LogP contribution in [0.4, 0.5) is 5.69 Å². The molecular weight excluding hydrogens is 628 g/mol. The number of aliphatic hydroxyl groups excluding tert-OH is 1. The van der Waals surface area contributed by atoms with Crippen molar-refractivity contribution in [2.75, 3.05) is 39.1 Å². The van der Waals surface area contributed by atoms with Crippen LogP contribution in [0.1, 0.15) is 46.4 Å². The lowest BCUT2D eigenvalue weighted by Gasteiger charge is -2.20. The van der Waals surface area contributed by atoms with Crippen LogP contribution in [0.2, 0.25) is 5.02 Å². The summed E-state index contributed by atoms with van der Waals surface area (Å²) in [6, 6.07) is 17.4. The highest BCUT2D eigenvalue weighted by atomic mass is 35.5. The van der Waals surface area contributed by atoms with Gasteiger partial charge in [0.05, 0.1) is 23.9 Å². The number of ether oxygens (including phenoxy) is 1. The standard InChI is InChI=1S/C37H41ClN6O4/c1-23-29(5-4-6-31(23)42-37(47)32-11-7-24(18-41-32)21-44-16-14-28(45)22-44)30-13-15-40-36(35(30)38)25-8-9-26(33(17-25)48-3)19-39-20-27-10-12-34(46)43(27)2/h4-9,11,13,15,17-18,27-28,39,45H,10,12,14,16,19-22H2,1-3H3,(H,42,47)/t27-,28+/m1/s1. The van der Waals surface area contributed by atoms with Gasteiger partial charge in [0.25, 0.3) is 5.91 Å². The Balaban J connectivity index is 1.16. The zero-order valence-corrected chi connectivity index (χ0v) is 28.3. The maximum Gasteiger partial charge on any atom is 0.274 e. The minimum Gasteiger partial charge on any atom is -0.496 e. The third kappa shape index (κ3) is 7.37. The van der Waals surface area contributed by atoms with E-state index in [1.165, 1.54) is 0 Å². The van der Waals surface area contributed by atoms with Crippen molar-refractivity contribution in [3.63, 3.8) is 0 Å². The van der Waals surface area contributed by atoms with Gasteiger partial charge in [-0.1, -0.05) is 41.9 Å². The Morgan fingerprint density at radius 1 is 1.10 bits per heavy atom. The summed E-state index contributed by atoms with van der Waals surface area (Å²) in [6.45, 7) is 5.47. The Bertz CT molecular complexity index is 1800. The topological polar surface area (TPSA) is 120 Å². The number of rotatable bonds is 11. The molecule has 2 aromatic carbocycles. The molecule has 11 heteroatoms. The number of anilines is 1. The van der Waals surface area contributed by atoms with Gasteiger partial charge in [0.1, 0.15) is 11.4 Å². The Morgan fingerprint density at radius 3 is 2.67 bits per heavy atom. The summed E-state index contributed by atoms with van der Waals surface area (Å²) in [6.07, 6.45) is 5.43. The first-order valence-electron chi connectivity index (χ1n) is 16.3. The molecule has 0 radical (unpaired) electrons. The first-order chi connectivity index (χ1) is 23.2. The number of hydrogen-bond acceptors (Lipinski definition) is 8. The Hall–Kier alpha value is -4.35. The summed E-state index contributed by atoms with van der Waals surface area (Å²) in [5.41, 5.74) is 6.96. The predicted molar refractivity (Wildman–Crippen MR) is 187 cm³/mol. The lowest BCUT2D eigenvalue weighted by molar-refractivity contribution is -0.127. The number of aromatic nitrogens is 2. The number of methoxy groups -OCH3 is 1. The van der Waals surface area contributed by atoms with E-state index in [9.17, 15) is 14.7 Å². The van der Waals surface area contributed by atoms with Crippen LogP contribution >= 0.6 is 11.6 Å². The number of amides is 2. The number of hydrogen-bond donors (Lipinski definition) is 3. The number of pyridine rings is 2. The van der Waals surface area contributed by atoms with Crippen molar-refractivity contribution in [3.05, 3.63) is 94.4 Å². The van der Waals surface area contributed by atoms with Crippen LogP contribution < -0.4 is 15.4 Å². The van der Waals surface area contributed by atoms with Crippen LogP contribution in [-0.2, 0) is 17.9 Å². The lowest BCUT2D eigenvalue weighted by atomic mass is 9.97. The first kappa shape index (κ1) is 33.5. The van der Waals surface area contributed by atoms with Gasteiger partial charge >= 0.3 is 0 Å². The fourth-order valence-corrected chi connectivity index (χ4v) is 6.81. The van der Waals surface area contributed by atoms with Gasteiger partial charge in [-0.2, -0.15) is 0 Å². The number of nitrogens with zero attached hydrogens (tertiary/aromatic N) is 4. The summed E-state index contributed by atoms with van der Waals surface area (Å²) in [7, 11) is 3.50. The Labute approximate surface area is 286 Å². The second-order valence-electron chi connectivity index (χ2n) is 12.5. The maximum absolute atomic E-state index is 13.2. The zero-order valence-electron chi connectivity index (χ0n) is 27.5.